The van der Waals surface area contributed by atoms with Gasteiger partial charge in [-0.1, -0.05) is 11.1 Å². The largest absolute Gasteiger partial charge is 0.550 e. The van der Waals surface area contributed by atoms with Crippen LogP contribution in [-0.2, 0) is 19.1 Å². The van der Waals surface area contributed by atoms with Crippen LogP contribution in [0.15, 0.2) is 29.3 Å². The van der Waals surface area contributed by atoms with Crippen LogP contribution in [0.4, 0.5) is 5.69 Å². The standard InChI is InChI=1S/C22H27NO7/c1-5-29-21(27)14-9-15(22(28)30-6-2)11-16(10-14)23-19(24)17-7-12(3)13(4)8-18(17)20(25)26/h9-11,17-18H,5-8H2,1-4H3,(H,23,24)(H,25,26)/p-1/t17-,18+/m0/s1. The van der Waals surface area contributed by atoms with Crippen LogP contribution < -0.4 is 10.4 Å². The Morgan fingerprint density at radius 1 is 0.900 bits per heavy atom. The van der Waals surface area contributed by atoms with Gasteiger partial charge < -0.3 is 24.7 Å². The number of carboxylic acid groups (broad SMARTS) is 1. The number of allylic oxidation sites excluding steroid dienone is 2. The molecule has 0 bridgehead atoms. The van der Waals surface area contributed by atoms with Gasteiger partial charge in [0.2, 0.25) is 5.91 Å². The van der Waals surface area contributed by atoms with Gasteiger partial charge in [-0.05, 0) is 58.7 Å². The summed E-state index contributed by atoms with van der Waals surface area (Å²) in [6, 6.07) is 4.08. The molecule has 1 N–H and O–H groups in total. The van der Waals surface area contributed by atoms with Gasteiger partial charge in [0.25, 0.3) is 0 Å². The Morgan fingerprint density at radius 2 is 1.37 bits per heavy atom. The molecular weight excluding hydrogens is 390 g/mol. The fourth-order valence-electron chi connectivity index (χ4n) is 3.42. The van der Waals surface area contributed by atoms with E-state index in [4.69, 9.17) is 9.47 Å². The van der Waals surface area contributed by atoms with Crippen molar-refractivity contribution >= 4 is 29.5 Å². The van der Waals surface area contributed by atoms with E-state index < -0.39 is 35.7 Å². The van der Waals surface area contributed by atoms with Gasteiger partial charge in [0.15, 0.2) is 0 Å². The predicted octanol–water partition coefficient (Wildman–Crippen LogP) is 2.09. The van der Waals surface area contributed by atoms with E-state index in [1.807, 2.05) is 13.8 Å². The average molecular weight is 416 g/mol. The van der Waals surface area contributed by atoms with Crippen LogP contribution >= 0.6 is 0 Å². The fourth-order valence-corrected chi connectivity index (χ4v) is 3.42. The molecule has 0 spiro atoms. The average Bonchev–Trinajstić information content (AvgIpc) is 2.69. The normalized spacial score (nSPS) is 18.5. The van der Waals surface area contributed by atoms with Crippen LogP contribution in [0.3, 0.4) is 0 Å². The Morgan fingerprint density at radius 3 is 1.80 bits per heavy atom. The maximum absolute atomic E-state index is 12.9. The lowest BCUT2D eigenvalue weighted by Crippen LogP contribution is -2.42. The van der Waals surface area contributed by atoms with Gasteiger partial charge in [0, 0.05) is 17.6 Å². The molecule has 0 aliphatic heterocycles. The van der Waals surface area contributed by atoms with Gasteiger partial charge in [0.05, 0.1) is 30.3 Å². The predicted molar refractivity (Wildman–Crippen MR) is 107 cm³/mol. The van der Waals surface area contributed by atoms with Crippen molar-refractivity contribution in [1.82, 2.24) is 0 Å². The number of hydrogen-bond acceptors (Lipinski definition) is 7. The maximum Gasteiger partial charge on any atom is 0.338 e. The minimum atomic E-state index is -1.28. The number of carboxylic acids is 1. The lowest BCUT2D eigenvalue weighted by Gasteiger charge is -2.32. The highest BCUT2D eigenvalue weighted by Gasteiger charge is 2.33. The molecule has 8 heteroatoms. The quantitative estimate of drug-likeness (QED) is 0.533. The Kier molecular flexibility index (Phi) is 7.74. The first-order chi connectivity index (χ1) is 14.2. The van der Waals surface area contributed by atoms with Crippen molar-refractivity contribution in [2.24, 2.45) is 11.8 Å². The molecule has 0 fully saturated rings. The monoisotopic (exact) mass is 416 g/mol. The van der Waals surface area contributed by atoms with E-state index in [1.165, 1.54) is 18.2 Å². The van der Waals surface area contributed by atoms with E-state index in [2.05, 4.69) is 5.32 Å². The number of nitrogens with one attached hydrogen (secondary N) is 1. The SMILES string of the molecule is CCOC(=O)c1cc(NC(=O)[C@H]2CC(C)=C(C)C[C@H]2C(=O)[O-])cc(C(=O)OCC)c1. The Hall–Kier alpha value is -3.16. The summed E-state index contributed by atoms with van der Waals surface area (Å²) in [6.45, 7) is 7.29. The molecule has 0 saturated heterocycles. The molecule has 162 valence electrons. The summed E-state index contributed by atoms with van der Waals surface area (Å²) in [5.41, 5.74) is 2.21. The number of aliphatic carboxylic acids is 1. The van der Waals surface area contributed by atoms with E-state index in [0.29, 0.717) is 6.42 Å². The number of benzene rings is 1. The summed E-state index contributed by atoms with van der Waals surface area (Å²) < 4.78 is 9.95. The van der Waals surface area contributed by atoms with Crippen LogP contribution in [-0.4, -0.2) is 37.0 Å². The number of anilines is 1. The topological polar surface area (TPSA) is 122 Å². The van der Waals surface area contributed by atoms with Crippen molar-refractivity contribution in [3.05, 3.63) is 40.5 Å². The van der Waals surface area contributed by atoms with Crippen molar-refractivity contribution < 1.29 is 33.8 Å². The third-order valence-corrected chi connectivity index (χ3v) is 5.13. The summed E-state index contributed by atoms with van der Waals surface area (Å²) in [4.78, 5) is 48.8. The van der Waals surface area contributed by atoms with Crippen molar-refractivity contribution in [2.75, 3.05) is 18.5 Å². The Labute approximate surface area is 175 Å². The molecule has 1 aliphatic carbocycles. The molecule has 0 aromatic heterocycles. The van der Waals surface area contributed by atoms with Crippen LogP contribution in [0.1, 0.15) is 61.3 Å². The molecule has 0 saturated carbocycles. The Bertz CT molecular complexity index is 851. The second-order valence-corrected chi connectivity index (χ2v) is 7.23. The van der Waals surface area contributed by atoms with Gasteiger partial charge in [0.1, 0.15) is 0 Å². The number of amides is 1. The van der Waals surface area contributed by atoms with Crippen molar-refractivity contribution in [2.45, 2.75) is 40.5 Å². The molecule has 1 amide bonds. The van der Waals surface area contributed by atoms with Crippen LogP contribution in [0.5, 0.6) is 0 Å². The van der Waals surface area contributed by atoms with E-state index in [1.54, 1.807) is 13.8 Å². The molecule has 30 heavy (non-hydrogen) atoms. The van der Waals surface area contributed by atoms with Gasteiger partial charge >= 0.3 is 11.9 Å². The molecule has 1 aliphatic rings. The fraction of sp³-hybridized carbons (Fsp3) is 0.455. The first-order valence-corrected chi connectivity index (χ1v) is 9.84. The van der Waals surface area contributed by atoms with Crippen molar-refractivity contribution in [1.29, 1.82) is 0 Å². The second kappa shape index (κ2) is 10.0. The van der Waals surface area contributed by atoms with E-state index in [9.17, 15) is 24.3 Å². The molecule has 0 radical (unpaired) electrons. The second-order valence-electron chi connectivity index (χ2n) is 7.23. The van der Waals surface area contributed by atoms with Crippen LogP contribution in [0.25, 0.3) is 0 Å². The molecule has 0 unspecified atom stereocenters. The highest BCUT2D eigenvalue weighted by molar-refractivity contribution is 6.00. The first-order valence-electron chi connectivity index (χ1n) is 9.84. The third-order valence-electron chi connectivity index (χ3n) is 5.13. The van der Waals surface area contributed by atoms with Gasteiger partial charge in [-0.2, -0.15) is 0 Å². The number of ether oxygens (including phenoxy) is 2. The number of carbonyl (C=O) groups excluding carboxylic acids is 4. The maximum atomic E-state index is 12.9. The van der Waals surface area contributed by atoms with Crippen LogP contribution in [0, 0.1) is 11.8 Å². The van der Waals surface area contributed by atoms with E-state index in [0.717, 1.165) is 11.1 Å². The summed E-state index contributed by atoms with van der Waals surface area (Å²) >= 11 is 0. The highest BCUT2D eigenvalue weighted by atomic mass is 16.5. The lowest BCUT2D eigenvalue weighted by molar-refractivity contribution is -0.313. The minimum Gasteiger partial charge on any atom is -0.550 e. The minimum absolute atomic E-state index is 0.0738. The van der Waals surface area contributed by atoms with E-state index >= 15 is 0 Å². The van der Waals surface area contributed by atoms with Crippen molar-refractivity contribution in [3.8, 4) is 0 Å². The highest BCUT2D eigenvalue weighted by Crippen LogP contribution is 2.34. The smallest absolute Gasteiger partial charge is 0.338 e. The molecule has 2 atom stereocenters. The molecule has 1 aromatic carbocycles. The molecule has 0 heterocycles. The first kappa shape index (κ1) is 23.1. The zero-order valence-electron chi connectivity index (χ0n) is 17.6. The van der Waals surface area contributed by atoms with Crippen molar-refractivity contribution in [3.63, 3.8) is 0 Å². The molecular formula is C22H26NO7-. The lowest BCUT2D eigenvalue weighted by atomic mass is 9.76. The zero-order chi connectivity index (χ0) is 22.4. The summed E-state index contributed by atoms with van der Waals surface area (Å²) in [6.07, 6.45) is 0.530. The number of hydrogen-bond donors (Lipinski definition) is 1. The van der Waals surface area contributed by atoms with Gasteiger partial charge in [-0.15, -0.1) is 0 Å². The van der Waals surface area contributed by atoms with Gasteiger partial charge in [-0.3, -0.25) is 4.79 Å². The third kappa shape index (κ3) is 5.46. The van der Waals surface area contributed by atoms with E-state index in [-0.39, 0.29) is 36.4 Å². The number of esters is 2. The molecule has 1 aromatic rings. The Balaban J connectivity index is 2.35. The van der Waals surface area contributed by atoms with Crippen LogP contribution in [0.2, 0.25) is 0 Å². The molecule has 2 rings (SSSR count). The summed E-state index contributed by atoms with van der Waals surface area (Å²) in [5, 5.41) is 14.2. The van der Waals surface area contributed by atoms with Gasteiger partial charge in [-0.25, -0.2) is 9.59 Å². The molecule has 8 nitrogen and oxygen atoms in total. The summed E-state index contributed by atoms with van der Waals surface area (Å²) in [5.74, 6) is -4.89. The zero-order valence-corrected chi connectivity index (χ0v) is 17.6. The number of rotatable bonds is 7. The number of carbonyl (C=O) groups is 4. The summed E-state index contributed by atoms with van der Waals surface area (Å²) in [7, 11) is 0.